The summed E-state index contributed by atoms with van der Waals surface area (Å²) < 4.78 is 45.8. The third kappa shape index (κ3) is 4.76. The molecule has 0 saturated heterocycles. The zero-order valence-electron chi connectivity index (χ0n) is 12.7. The van der Waals surface area contributed by atoms with Crippen molar-refractivity contribution in [3.8, 4) is 16.6 Å². The summed E-state index contributed by atoms with van der Waals surface area (Å²) in [5.41, 5.74) is 0. The summed E-state index contributed by atoms with van der Waals surface area (Å²) in [7, 11) is 0. The van der Waals surface area contributed by atoms with Gasteiger partial charge in [0.15, 0.2) is 10.8 Å². The van der Waals surface area contributed by atoms with E-state index < -0.39 is 6.36 Å². The smallest absolute Gasteiger partial charge is 0.512 e. The molecule has 1 aliphatic rings. The second-order valence-electron chi connectivity index (χ2n) is 5.49. The van der Waals surface area contributed by atoms with Gasteiger partial charge < -0.3 is 14.6 Å². The molecule has 1 heterocycles. The lowest BCUT2D eigenvalue weighted by Crippen LogP contribution is -2.16. The highest BCUT2D eigenvalue weighted by molar-refractivity contribution is 7.13. The van der Waals surface area contributed by atoms with Gasteiger partial charge in [0, 0.05) is 29.7 Å². The molecule has 2 aromatic rings. The molecule has 0 aliphatic heterocycles. The number of hydrogen-bond acceptors (Lipinski definition) is 5. The number of aliphatic hydroxyl groups excluding tert-OH is 1. The topological polar surface area (TPSA) is 55.8 Å². The predicted octanol–water partition coefficient (Wildman–Crippen LogP) is 5.33. The monoisotopic (exact) mass is 370 g/mol. The quantitative estimate of drug-likeness (QED) is 0.791. The fourth-order valence-electron chi connectivity index (χ4n) is 2.51. The molecule has 1 atom stereocenters. The standard InChI is InChI=1S/C17H13F3O4S/c18-17(19,20)24-14-3-1-13(2-4-14)23-16-6-5-15(25-16)10-7-11(21)9-12(22)8-10/h1-6,9-10,21H,7-8H2. The summed E-state index contributed by atoms with van der Waals surface area (Å²) in [6, 6.07) is 8.62. The minimum Gasteiger partial charge on any atom is -0.512 e. The van der Waals surface area contributed by atoms with Crippen LogP contribution in [0.15, 0.2) is 48.2 Å². The maximum absolute atomic E-state index is 12.1. The first-order chi connectivity index (χ1) is 11.8. The van der Waals surface area contributed by atoms with Crippen molar-refractivity contribution in [1.29, 1.82) is 0 Å². The molecule has 1 unspecified atom stereocenters. The first-order valence-electron chi connectivity index (χ1n) is 7.34. The highest BCUT2D eigenvalue weighted by Crippen LogP contribution is 2.39. The molecular weight excluding hydrogens is 357 g/mol. The van der Waals surface area contributed by atoms with Gasteiger partial charge in [-0.1, -0.05) is 0 Å². The summed E-state index contributed by atoms with van der Waals surface area (Å²) in [6.07, 6.45) is -2.77. The molecule has 1 aliphatic carbocycles. The number of rotatable bonds is 4. The van der Waals surface area contributed by atoms with E-state index in [1.807, 2.05) is 6.07 Å². The molecule has 4 nitrogen and oxygen atoms in total. The van der Waals surface area contributed by atoms with Gasteiger partial charge in [0.1, 0.15) is 11.5 Å². The number of halogens is 3. The molecule has 1 aromatic heterocycles. The number of benzene rings is 1. The summed E-state index contributed by atoms with van der Waals surface area (Å²) in [5, 5.41) is 10.1. The maximum atomic E-state index is 12.1. The summed E-state index contributed by atoms with van der Waals surface area (Å²) in [4.78, 5) is 12.4. The van der Waals surface area contributed by atoms with Gasteiger partial charge in [-0.25, -0.2) is 0 Å². The van der Waals surface area contributed by atoms with Crippen LogP contribution >= 0.6 is 11.3 Å². The number of aliphatic hydroxyl groups is 1. The first-order valence-corrected chi connectivity index (χ1v) is 8.16. The van der Waals surface area contributed by atoms with E-state index in [1.165, 1.54) is 41.7 Å². The Kier molecular flexibility index (Phi) is 4.71. The van der Waals surface area contributed by atoms with Crippen LogP contribution in [0.1, 0.15) is 23.6 Å². The van der Waals surface area contributed by atoms with Crippen molar-refractivity contribution in [2.45, 2.75) is 25.1 Å². The summed E-state index contributed by atoms with van der Waals surface area (Å²) in [6.45, 7) is 0. The molecule has 1 N–H and O–H groups in total. The van der Waals surface area contributed by atoms with Crippen LogP contribution in [-0.2, 0) is 4.79 Å². The lowest BCUT2D eigenvalue weighted by molar-refractivity contribution is -0.274. The van der Waals surface area contributed by atoms with Crippen molar-refractivity contribution < 1.29 is 32.5 Å². The van der Waals surface area contributed by atoms with Crippen LogP contribution in [0.3, 0.4) is 0 Å². The van der Waals surface area contributed by atoms with Crippen molar-refractivity contribution in [3.63, 3.8) is 0 Å². The molecule has 132 valence electrons. The van der Waals surface area contributed by atoms with E-state index in [-0.39, 0.29) is 23.2 Å². The van der Waals surface area contributed by atoms with E-state index in [1.54, 1.807) is 6.07 Å². The van der Waals surface area contributed by atoms with Crippen molar-refractivity contribution in [3.05, 3.63) is 53.1 Å². The fraction of sp³-hybridized carbons (Fsp3) is 0.235. The van der Waals surface area contributed by atoms with Gasteiger partial charge in [0.05, 0.1) is 5.76 Å². The van der Waals surface area contributed by atoms with Gasteiger partial charge in [0.25, 0.3) is 0 Å². The number of ether oxygens (including phenoxy) is 2. The number of carbonyl (C=O) groups is 1. The largest absolute Gasteiger partial charge is 0.573 e. The highest BCUT2D eigenvalue weighted by atomic mass is 32.1. The van der Waals surface area contributed by atoms with E-state index in [0.717, 1.165) is 4.88 Å². The van der Waals surface area contributed by atoms with Crippen molar-refractivity contribution in [2.75, 3.05) is 0 Å². The van der Waals surface area contributed by atoms with Gasteiger partial charge in [0.2, 0.25) is 0 Å². The summed E-state index contributed by atoms with van der Waals surface area (Å²) >= 11 is 1.33. The van der Waals surface area contributed by atoms with E-state index in [0.29, 0.717) is 23.7 Å². The molecule has 0 amide bonds. The zero-order valence-corrected chi connectivity index (χ0v) is 13.6. The SMILES string of the molecule is O=C1C=C(O)CC(c2ccc(Oc3ccc(OC(F)(F)F)cc3)s2)C1. The molecule has 0 spiro atoms. The number of alkyl halides is 3. The van der Waals surface area contributed by atoms with Crippen LogP contribution in [-0.4, -0.2) is 17.3 Å². The van der Waals surface area contributed by atoms with Crippen LogP contribution in [0.5, 0.6) is 16.6 Å². The second-order valence-corrected chi connectivity index (χ2v) is 6.56. The number of carbonyl (C=O) groups excluding carboxylic acids is 1. The zero-order chi connectivity index (χ0) is 18.0. The van der Waals surface area contributed by atoms with Crippen LogP contribution in [0.4, 0.5) is 13.2 Å². The van der Waals surface area contributed by atoms with Crippen LogP contribution < -0.4 is 9.47 Å². The second kappa shape index (κ2) is 6.79. The summed E-state index contributed by atoms with van der Waals surface area (Å²) in [5.74, 6) is -0.107. The van der Waals surface area contributed by atoms with E-state index >= 15 is 0 Å². The minimum atomic E-state index is -4.73. The van der Waals surface area contributed by atoms with Crippen molar-refractivity contribution in [1.82, 2.24) is 0 Å². The van der Waals surface area contributed by atoms with E-state index in [9.17, 15) is 23.1 Å². The van der Waals surface area contributed by atoms with Gasteiger partial charge in [-0.15, -0.1) is 24.5 Å². The molecule has 0 saturated carbocycles. The van der Waals surface area contributed by atoms with Crippen molar-refractivity contribution in [2.24, 2.45) is 0 Å². The third-order valence-electron chi connectivity index (χ3n) is 3.51. The van der Waals surface area contributed by atoms with Crippen LogP contribution in [0.25, 0.3) is 0 Å². The Bertz CT molecular complexity index is 793. The Balaban J connectivity index is 1.65. The van der Waals surface area contributed by atoms with Gasteiger partial charge >= 0.3 is 6.36 Å². The Labute approximate surface area is 145 Å². The maximum Gasteiger partial charge on any atom is 0.573 e. The van der Waals surface area contributed by atoms with E-state index in [2.05, 4.69) is 4.74 Å². The number of hydrogen-bond donors (Lipinski definition) is 1. The van der Waals surface area contributed by atoms with Crippen LogP contribution in [0, 0.1) is 0 Å². The lowest BCUT2D eigenvalue weighted by Gasteiger charge is -2.17. The molecule has 3 rings (SSSR count). The van der Waals surface area contributed by atoms with Gasteiger partial charge in [-0.3, -0.25) is 4.79 Å². The Morgan fingerprint density at radius 2 is 1.72 bits per heavy atom. The molecule has 0 radical (unpaired) electrons. The Morgan fingerprint density at radius 1 is 1.04 bits per heavy atom. The molecule has 0 bridgehead atoms. The Morgan fingerprint density at radius 3 is 2.36 bits per heavy atom. The van der Waals surface area contributed by atoms with Gasteiger partial charge in [-0.05, 0) is 36.4 Å². The van der Waals surface area contributed by atoms with Crippen molar-refractivity contribution >= 4 is 17.1 Å². The average molecular weight is 370 g/mol. The highest BCUT2D eigenvalue weighted by Gasteiger charge is 2.31. The Hall–Kier alpha value is -2.48. The molecular formula is C17H13F3O4S. The average Bonchev–Trinajstić information content (AvgIpc) is 2.95. The molecule has 8 heteroatoms. The number of thiophene rings is 1. The lowest BCUT2D eigenvalue weighted by atomic mass is 9.91. The van der Waals surface area contributed by atoms with Gasteiger partial charge in [-0.2, -0.15) is 0 Å². The normalized spacial score (nSPS) is 18.0. The van der Waals surface area contributed by atoms with E-state index in [4.69, 9.17) is 4.74 Å². The third-order valence-corrected chi connectivity index (χ3v) is 4.64. The molecule has 0 fully saturated rings. The molecule has 1 aromatic carbocycles. The molecule has 25 heavy (non-hydrogen) atoms. The minimum absolute atomic E-state index is 0.0670. The van der Waals surface area contributed by atoms with Crippen LogP contribution in [0.2, 0.25) is 0 Å². The fourth-order valence-corrected chi connectivity index (χ4v) is 3.48. The first kappa shape index (κ1) is 17.3. The number of allylic oxidation sites excluding steroid dienone is 2. The number of ketones is 1. The predicted molar refractivity (Wildman–Crippen MR) is 85.2 cm³/mol.